The van der Waals surface area contributed by atoms with Gasteiger partial charge in [0.25, 0.3) is 11.8 Å². The second-order valence-corrected chi connectivity index (χ2v) is 9.77. The van der Waals surface area contributed by atoms with E-state index in [-0.39, 0.29) is 24.4 Å². The van der Waals surface area contributed by atoms with Gasteiger partial charge in [0.2, 0.25) is 11.8 Å². The molecule has 1 aliphatic carbocycles. The van der Waals surface area contributed by atoms with Crippen LogP contribution in [-0.2, 0) is 9.59 Å². The first kappa shape index (κ1) is 24.0. The zero-order chi connectivity index (χ0) is 25.6. The Morgan fingerprint density at radius 1 is 1.33 bits per heavy atom. The van der Waals surface area contributed by atoms with E-state index in [2.05, 4.69) is 15.6 Å². The van der Waals surface area contributed by atoms with Crippen LogP contribution in [0.1, 0.15) is 42.6 Å². The maximum Gasteiger partial charge on any atom is 0.271 e. The number of nitrogens with one attached hydrogen (secondary N) is 3. The van der Waals surface area contributed by atoms with Crippen molar-refractivity contribution >= 4 is 28.6 Å². The summed E-state index contributed by atoms with van der Waals surface area (Å²) in [6.45, 7) is 0.492. The fourth-order valence-electron chi connectivity index (χ4n) is 5.91. The summed E-state index contributed by atoms with van der Waals surface area (Å²) in [5.41, 5.74) is 0.813. The van der Waals surface area contributed by atoms with E-state index in [1.165, 1.54) is 12.0 Å². The molecule has 11 heteroatoms. The molecule has 3 aliphatic heterocycles. The van der Waals surface area contributed by atoms with Gasteiger partial charge in [0.15, 0.2) is 0 Å². The molecule has 9 nitrogen and oxygen atoms in total. The number of halogens is 2. The standard InChI is InChI=1S/C25H27F2N5O4/c1-36-20-4-2-3-18-16(20)10-19(31-18)24(35)32-15-5-6-17(25(26,27)11-15)21(32)23(34)30-14(12-28)9-13-7-8-29-22(13)33/h2-4,10,13-15,17,21,31H,5-9,11H2,1H3,(H,29,33)(H,30,34)/t13-,14+,15-,17-,21+/m0/s1. The lowest BCUT2D eigenvalue weighted by molar-refractivity contribution is -0.179. The number of nitriles is 1. The van der Waals surface area contributed by atoms with E-state index >= 15 is 0 Å². The highest BCUT2D eigenvalue weighted by Gasteiger charge is 2.60. The number of nitrogens with zero attached hydrogens (tertiary/aromatic N) is 2. The molecule has 4 heterocycles. The fraction of sp³-hybridized carbons (Fsp3) is 0.520. The molecule has 6 rings (SSSR count). The molecular formula is C25H27F2N5O4. The molecule has 5 atom stereocenters. The Bertz CT molecular complexity index is 1250. The minimum atomic E-state index is -3.11. The Hall–Kier alpha value is -3.68. The van der Waals surface area contributed by atoms with E-state index in [4.69, 9.17) is 4.74 Å². The van der Waals surface area contributed by atoms with Crippen LogP contribution in [0, 0.1) is 23.2 Å². The van der Waals surface area contributed by atoms with E-state index in [0.29, 0.717) is 36.0 Å². The molecule has 2 bridgehead atoms. The van der Waals surface area contributed by atoms with Crippen molar-refractivity contribution in [2.24, 2.45) is 11.8 Å². The summed E-state index contributed by atoms with van der Waals surface area (Å²) < 4.78 is 35.3. The lowest BCUT2D eigenvalue weighted by Crippen LogP contribution is -2.68. The molecule has 1 aromatic carbocycles. The smallest absolute Gasteiger partial charge is 0.271 e. The minimum Gasteiger partial charge on any atom is -0.496 e. The fourth-order valence-corrected chi connectivity index (χ4v) is 5.91. The summed E-state index contributed by atoms with van der Waals surface area (Å²) in [5, 5.41) is 15.5. The molecule has 0 unspecified atom stereocenters. The first-order chi connectivity index (χ1) is 17.2. The predicted octanol–water partition coefficient (Wildman–Crippen LogP) is 2.34. The van der Waals surface area contributed by atoms with Crippen LogP contribution < -0.4 is 15.4 Å². The van der Waals surface area contributed by atoms with Crippen molar-refractivity contribution in [1.29, 1.82) is 5.26 Å². The van der Waals surface area contributed by atoms with Gasteiger partial charge in [0.1, 0.15) is 23.5 Å². The van der Waals surface area contributed by atoms with Gasteiger partial charge in [-0.05, 0) is 43.9 Å². The monoisotopic (exact) mass is 499 g/mol. The second kappa shape index (κ2) is 9.08. The Morgan fingerprint density at radius 2 is 2.14 bits per heavy atom. The van der Waals surface area contributed by atoms with Crippen molar-refractivity contribution in [3.8, 4) is 11.8 Å². The maximum atomic E-state index is 15.0. The molecule has 0 radical (unpaired) electrons. The SMILES string of the molecule is COc1cccc2[nH]c(C(=O)N3[C@H]4CC[C@@H]([C@@H]3C(=O)N[C@@H](C#N)C[C@@H]3CCNC3=O)C(F)(F)C4)cc12. The number of aromatic amines is 1. The molecule has 3 amide bonds. The van der Waals surface area contributed by atoms with Gasteiger partial charge in [0.05, 0.1) is 19.1 Å². The Morgan fingerprint density at radius 3 is 2.81 bits per heavy atom. The van der Waals surface area contributed by atoms with Crippen LogP contribution in [-0.4, -0.2) is 65.3 Å². The average molecular weight is 500 g/mol. The number of alkyl halides is 2. The molecule has 36 heavy (non-hydrogen) atoms. The summed E-state index contributed by atoms with van der Waals surface area (Å²) >= 11 is 0. The highest BCUT2D eigenvalue weighted by molar-refractivity contribution is 6.02. The van der Waals surface area contributed by atoms with Gasteiger partial charge in [-0.2, -0.15) is 5.26 Å². The van der Waals surface area contributed by atoms with Crippen molar-refractivity contribution in [3.05, 3.63) is 30.0 Å². The number of carbonyl (C=O) groups excluding carboxylic acids is 3. The zero-order valence-electron chi connectivity index (χ0n) is 19.7. The highest BCUT2D eigenvalue weighted by Crippen LogP contribution is 2.49. The molecule has 1 saturated carbocycles. The second-order valence-electron chi connectivity index (χ2n) is 9.77. The lowest BCUT2D eigenvalue weighted by atomic mass is 9.71. The van der Waals surface area contributed by atoms with Gasteiger partial charge in [-0.25, -0.2) is 8.78 Å². The number of rotatable bonds is 6. The maximum absolute atomic E-state index is 15.0. The number of amides is 3. The number of hydrogen-bond acceptors (Lipinski definition) is 5. The van der Waals surface area contributed by atoms with Gasteiger partial charge in [-0.15, -0.1) is 0 Å². The molecule has 0 spiro atoms. The topological polar surface area (TPSA) is 127 Å². The number of methoxy groups -OCH3 is 1. The molecule has 190 valence electrons. The van der Waals surface area contributed by atoms with Crippen LogP contribution in [0.5, 0.6) is 5.75 Å². The Balaban J connectivity index is 1.43. The summed E-state index contributed by atoms with van der Waals surface area (Å²) in [4.78, 5) is 43.3. The third kappa shape index (κ3) is 4.04. The molecule has 2 aromatic rings. The number of carbonyl (C=O) groups is 3. The summed E-state index contributed by atoms with van der Waals surface area (Å²) in [6, 6.07) is 5.57. The molecule has 3 saturated heterocycles. The number of hydrogen-bond donors (Lipinski definition) is 3. The summed E-state index contributed by atoms with van der Waals surface area (Å²) in [7, 11) is 1.51. The summed E-state index contributed by atoms with van der Waals surface area (Å²) in [5.74, 6) is -5.90. The van der Waals surface area contributed by atoms with E-state index in [9.17, 15) is 28.4 Å². The van der Waals surface area contributed by atoms with Crippen molar-refractivity contribution in [2.45, 2.75) is 56.2 Å². The van der Waals surface area contributed by atoms with Crippen LogP contribution in [0.25, 0.3) is 10.9 Å². The number of H-pyrrole nitrogens is 1. The van der Waals surface area contributed by atoms with Crippen molar-refractivity contribution in [1.82, 2.24) is 20.5 Å². The first-order valence-corrected chi connectivity index (χ1v) is 12.1. The predicted molar refractivity (Wildman–Crippen MR) is 124 cm³/mol. The summed E-state index contributed by atoms with van der Waals surface area (Å²) in [6.07, 6.45) is 0.570. The number of ether oxygens (including phenoxy) is 1. The van der Waals surface area contributed by atoms with Crippen molar-refractivity contribution in [3.63, 3.8) is 0 Å². The molecule has 3 N–H and O–H groups in total. The van der Waals surface area contributed by atoms with Crippen molar-refractivity contribution < 1.29 is 27.9 Å². The molecule has 4 aliphatic rings. The lowest BCUT2D eigenvalue weighted by Gasteiger charge is -2.53. The molecular weight excluding hydrogens is 472 g/mol. The molecule has 4 fully saturated rings. The Labute approximate surface area is 206 Å². The van der Waals surface area contributed by atoms with Gasteiger partial charge >= 0.3 is 0 Å². The van der Waals surface area contributed by atoms with Gasteiger partial charge in [-0.1, -0.05) is 6.07 Å². The number of aromatic nitrogens is 1. The third-order valence-corrected chi connectivity index (χ3v) is 7.67. The van der Waals surface area contributed by atoms with Gasteiger partial charge < -0.3 is 25.3 Å². The number of benzene rings is 1. The number of piperidine rings is 2. The highest BCUT2D eigenvalue weighted by atomic mass is 19.3. The van der Waals surface area contributed by atoms with E-state index in [0.717, 1.165) is 0 Å². The largest absolute Gasteiger partial charge is 0.496 e. The average Bonchev–Trinajstić information content (AvgIpc) is 3.48. The van der Waals surface area contributed by atoms with Gasteiger partial charge in [-0.3, -0.25) is 14.4 Å². The number of fused-ring (bicyclic) bond motifs is 4. The van der Waals surface area contributed by atoms with Crippen LogP contribution >= 0.6 is 0 Å². The zero-order valence-corrected chi connectivity index (χ0v) is 19.7. The van der Waals surface area contributed by atoms with Crippen LogP contribution in [0.2, 0.25) is 0 Å². The van der Waals surface area contributed by atoms with Crippen molar-refractivity contribution in [2.75, 3.05) is 13.7 Å². The quantitative estimate of drug-likeness (QED) is 0.562. The normalized spacial score (nSPS) is 27.4. The Kier molecular flexibility index (Phi) is 6.06. The van der Waals surface area contributed by atoms with E-state index in [1.54, 1.807) is 24.3 Å². The van der Waals surface area contributed by atoms with Crippen LogP contribution in [0.3, 0.4) is 0 Å². The first-order valence-electron chi connectivity index (χ1n) is 12.1. The minimum absolute atomic E-state index is 0.0844. The van der Waals surface area contributed by atoms with Crippen LogP contribution in [0.4, 0.5) is 8.78 Å². The van der Waals surface area contributed by atoms with Gasteiger partial charge in [0, 0.05) is 35.8 Å². The van der Waals surface area contributed by atoms with E-state index < -0.39 is 54.1 Å². The molecule has 1 aromatic heterocycles. The van der Waals surface area contributed by atoms with Crippen LogP contribution in [0.15, 0.2) is 24.3 Å². The third-order valence-electron chi connectivity index (χ3n) is 7.67. The van der Waals surface area contributed by atoms with E-state index in [1.807, 2.05) is 6.07 Å².